The maximum Gasteiger partial charge on any atom is 0.166 e. The summed E-state index contributed by atoms with van der Waals surface area (Å²) in [5, 5.41) is 0. The molecule has 1 saturated carbocycles. The van der Waals surface area contributed by atoms with Gasteiger partial charge in [0.25, 0.3) is 0 Å². The highest BCUT2D eigenvalue weighted by Gasteiger charge is 2.21. The number of methoxy groups -OCH3 is 2. The van der Waals surface area contributed by atoms with Crippen LogP contribution >= 0.6 is 0 Å². The second-order valence-corrected chi connectivity index (χ2v) is 4.84. The average molecular weight is 248 g/mol. The van der Waals surface area contributed by atoms with Crippen LogP contribution in [0.3, 0.4) is 0 Å². The van der Waals surface area contributed by atoms with Gasteiger partial charge in [0.05, 0.1) is 19.8 Å². The summed E-state index contributed by atoms with van der Waals surface area (Å²) in [4.78, 5) is 12.3. The molecule has 3 heteroatoms. The van der Waals surface area contributed by atoms with Crippen LogP contribution in [0.5, 0.6) is 11.5 Å². The summed E-state index contributed by atoms with van der Waals surface area (Å²) in [5.41, 5.74) is 0.671. The highest BCUT2D eigenvalue weighted by Crippen LogP contribution is 2.31. The van der Waals surface area contributed by atoms with Crippen molar-refractivity contribution in [3.8, 4) is 11.5 Å². The first-order chi connectivity index (χ1) is 8.74. The predicted octanol–water partition coefficient (Wildman–Crippen LogP) is 3.47. The third-order valence-electron chi connectivity index (χ3n) is 3.66. The molecule has 0 heterocycles. The van der Waals surface area contributed by atoms with Gasteiger partial charge in [0.2, 0.25) is 0 Å². The van der Waals surface area contributed by atoms with Crippen LogP contribution in [0.4, 0.5) is 0 Å². The number of hydrogen-bond acceptors (Lipinski definition) is 3. The molecule has 0 spiro atoms. The van der Waals surface area contributed by atoms with Crippen molar-refractivity contribution < 1.29 is 14.3 Å². The van der Waals surface area contributed by atoms with E-state index in [1.54, 1.807) is 26.4 Å². The van der Waals surface area contributed by atoms with Crippen molar-refractivity contribution in [2.45, 2.75) is 32.1 Å². The van der Waals surface area contributed by atoms with Crippen molar-refractivity contribution in [1.82, 2.24) is 0 Å². The van der Waals surface area contributed by atoms with Gasteiger partial charge < -0.3 is 9.47 Å². The number of Topliss-reactive ketones (excluding diaryl/α,β-unsaturated/α-hetero) is 1. The first kappa shape index (κ1) is 12.9. The summed E-state index contributed by atoms with van der Waals surface area (Å²) < 4.78 is 10.4. The molecule has 0 N–H and O–H groups in total. The van der Waals surface area contributed by atoms with Crippen LogP contribution < -0.4 is 9.47 Å². The lowest BCUT2D eigenvalue weighted by molar-refractivity contribution is 0.0959. The van der Waals surface area contributed by atoms with Gasteiger partial charge in [-0.05, 0) is 18.1 Å². The predicted molar refractivity (Wildman–Crippen MR) is 70.5 cm³/mol. The molecule has 18 heavy (non-hydrogen) atoms. The Hall–Kier alpha value is -1.51. The zero-order valence-corrected chi connectivity index (χ0v) is 11.1. The first-order valence-corrected chi connectivity index (χ1v) is 6.50. The molecule has 2 rings (SSSR count). The maximum absolute atomic E-state index is 12.3. The minimum atomic E-state index is 0.182. The Morgan fingerprint density at radius 1 is 1.22 bits per heavy atom. The molecule has 3 nitrogen and oxygen atoms in total. The van der Waals surface area contributed by atoms with E-state index in [-0.39, 0.29) is 5.78 Å². The zero-order valence-electron chi connectivity index (χ0n) is 11.1. The van der Waals surface area contributed by atoms with Gasteiger partial charge >= 0.3 is 0 Å². The molecule has 1 aliphatic rings. The fraction of sp³-hybridized carbons (Fsp3) is 0.533. The quantitative estimate of drug-likeness (QED) is 0.748. The van der Waals surface area contributed by atoms with Gasteiger partial charge in [0, 0.05) is 12.5 Å². The van der Waals surface area contributed by atoms with E-state index >= 15 is 0 Å². The van der Waals surface area contributed by atoms with Gasteiger partial charge in [-0.3, -0.25) is 4.79 Å². The lowest BCUT2D eigenvalue weighted by Crippen LogP contribution is -2.07. The Morgan fingerprint density at radius 2 is 1.94 bits per heavy atom. The summed E-state index contributed by atoms with van der Waals surface area (Å²) in [6, 6.07) is 5.38. The summed E-state index contributed by atoms with van der Waals surface area (Å²) >= 11 is 0. The van der Waals surface area contributed by atoms with Crippen LogP contribution in [-0.2, 0) is 0 Å². The number of hydrogen-bond donors (Lipinski definition) is 0. The molecule has 0 aliphatic heterocycles. The van der Waals surface area contributed by atoms with E-state index in [0.717, 1.165) is 0 Å². The molecule has 1 aromatic carbocycles. The summed E-state index contributed by atoms with van der Waals surface area (Å²) in [5.74, 6) is 2.06. The summed E-state index contributed by atoms with van der Waals surface area (Å²) in [7, 11) is 3.19. The van der Waals surface area contributed by atoms with E-state index in [9.17, 15) is 4.79 Å². The van der Waals surface area contributed by atoms with Crippen molar-refractivity contribution in [2.75, 3.05) is 14.2 Å². The van der Waals surface area contributed by atoms with Crippen LogP contribution in [0.2, 0.25) is 0 Å². The molecular weight excluding hydrogens is 228 g/mol. The third-order valence-corrected chi connectivity index (χ3v) is 3.66. The molecule has 1 aromatic rings. The van der Waals surface area contributed by atoms with E-state index in [2.05, 4.69) is 0 Å². The van der Waals surface area contributed by atoms with Gasteiger partial charge in [-0.2, -0.15) is 0 Å². The minimum Gasteiger partial charge on any atom is -0.497 e. The molecule has 1 aliphatic carbocycles. The summed E-state index contributed by atoms with van der Waals surface area (Å²) in [6.07, 6.45) is 5.53. The molecule has 0 saturated heterocycles. The second kappa shape index (κ2) is 5.89. The van der Waals surface area contributed by atoms with E-state index in [1.165, 1.54) is 25.7 Å². The van der Waals surface area contributed by atoms with Gasteiger partial charge in [0.1, 0.15) is 11.5 Å². The van der Waals surface area contributed by atoms with Gasteiger partial charge in [-0.1, -0.05) is 25.7 Å². The van der Waals surface area contributed by atoms with Crippen LogP contribution in [0.25, 0.3) is 0 Å². The van der Waals surface area contributed by atoms with Crippen LogP contribution in [0.1, 0.15) is 42.5 Å². The lowest BCUT2D eigenvalue weighted by Gasteiger charge is -2.12. The fourth-order valence-corrected chi connectivity index (χ4v) is 2.62. The van der Waals surface area contributed by atoms with E-state index in [0.29, 0.717) is 29.4 Å². The topological polar surface area (TPSA) is 35.5 Å². The third kappa shape index (κ3) is 2.84. The number of carbonyl (C=O) groups excluding carboxylic acids is 1. The second-order valence-electron chi connectivity index (χ2n) is 4.84. The highest BCUT2D eigenvalue weighted by molar-refractivity contribution is 5.99. The Bertz CT molecular complexity index is 420. The Kier molecular flexibility index (Phi) is 4.24. The van der Waals surface area contributed by atoms with Gasteiger partial charge in [0.15, 0.2) is 5.78 Å². The molecule has 98 valence electrons. The SMILES string of the molecule is COc1ccc(C(=O)CC2CCCC2)c(OC)c1. The molecule has 1 fully saturated rings. The maximum atomic E-state index is 12.3. The van der Waals surface area contributed by atoms with E-state index in [4.69, 9.17) is 9.47 Å². The number of ether oxygens (including phenoxy) is 2. The first-order valence-electron chi connectivity index (χ1n) is 6.50. The minimum absolute atomic E-state index is 0.182. The van der Waals surface area contributed by atoms with Gasteiger partial charge in [-0.25, -0.2) is 0 Å². The lowest BCUT2D eigenvalue weighted by atomic mass is 9.96. The zero-order chi connectivity index (χ0) is 13.0. The van der Waals surface area contributed by atoms with Gasteiger partial charge in [-0.15, -0.1) is 0 Å². The Labute approximate surface area is 108 Å². The summed E-state index contributed by atoms with van der Waals surface area (Å²) in [6.45, 7) is 0. The standard InChI is InChI=1S/C15H20O3/c1-17-12-7-8-13(15(10-12)18-2)14(16)9-11-5-3-4-6-11/h7-8,10-11H,3-6,9H2,1-2H3. The molecule has 0 amide bonds. The molecular formula is C15H20O3. The molecule has 0 bridgehead atoms. The van der Waals surface area contributed by atoms with Crippen molar-refractivity contribution in [3.05, 3.63) is 23.8 Å². The molecule has 0 aromatic heterocycles. The van der Waals surface area contributed by atoms with Crippen molar-refractivity contribution in [2.24, 2.45) is 5.92 Å². The molecule has 0 unspecified atom stereocenters. The number of ketones is 1. The molecule has 0 radical (unpaired) electrons. The number of rotatable bonds is 5. The van der Waals surface area contributed by atoms with Crippen LogP contribution in [0.15, 0.2) is 18.2 Å². The van der Waals surface area contributed by atoms with Crippen molar-refractivity contribution in [3.63, 3.8) is 0 Å². The van der Waals surface area contributed by atoms with Crippen LogP contribution in [-0.4, -0.2) is 20.0 Å². The van der Waals surface area contributed by atoms with E-state index in [1.807, 2.05) is 6.07 Å². The van der Waals surface area contributed by atoms with Crippen LogP contribution in [0, 0.1) is 5.92 Å². The highest BCUT2D eigenvalue weighted by atomic mass is 16.5. The average Bonchev–Trinajstić information content (AvgIpc) is 2.90. The monoisotopic (exact) mass is 248 g/mol. The Balaban J connectivity index is 2.13. The van der Waals surface area contributed by atoms with E-state index < -0.39 is 0 Å². The normalized spacial score (nSPS) is 15.7. The number of benzene rings is 1. The molecule has 0 atom stereocenters. The smallest absolute Gasteiger partial charge is 0.166 e. The number of carbonyl (C=O) groups is 1. The largest absolute Gasteiger partial charge is 0.497 e. The van der Waals surface area contributed by atoms with Crippen molar-refractivity contribution in [1.29, 1.82) is 0 Å². The Morgan fingerprint density at radius 3 is 2.56 bits per heavy atom. The van der Waals surface area contributed by atoms with Crippen molar-refractivity contribution >= 4 is 5.78 Å². The fourth-order valence-electron chi connectivity index (χ4n) is 2.62.